The van der Waals surface area contributed by atoms with Crippen molar-refractivity contribution in [3.63, 3.8) is 0 Å². The molecule has 0 spiro atoms. The highest BCUT2D eigenvalue weighted by atomic mass is 16.2. The van der Waals surface area contributed by atoms with Gasteiger partial charge in [0.1, 0.15) is 6.42 Å². The first-order chi connectivity index (χ1) is 9.40. The normalized spacial score (nSPS) is 15.4. The molecule has 114 valence electrons. The number of rotatable bonds is 5. The van der Waals surface area contributed by atoms with E-state index in [9.17, 15) is 14.4 Å². The molecule has 0 saturated carbocycles. The third-order valence-corrected chi connectivity index (χ3v) is 3.27. The monoisotopic (exact) mass is 284 g/mol. The summed E-state index contributed by atoms with van der Waals surface area (Å²) >= 11 is 0. The van der Waals surface area contributed by atoms with E-state index >= 15 is 0 Å². The van der Waals surface area contributed by atoms with Crippen LogP contribution in [0.15, 0.2) is 0 Å². The highest BCUT2D eigenvalue weighted by molar-refractivity contribution is 5.97. The van der Waals surface area contributed by atoms with Crippen molar-refractivity contribution in [1.82, 2.24) is 20.0 Å². The molecule has 0 radical (unpaired) electrons. The van der Waals surface area contributed by atoms with Gasteiger partial charge < -0.3 is 20.0 Å². The van der Waals surface area contributed by atoms with Crippen molar-refractivity contribution in [2.24, 2.45) is 0 Å². The number of piperazine rings is 1. The van der Waals surface area contributed by atoms with Crippen molar-refractivity contribution in [2.45, 2.75) is 13.3 Å². The van der Waals surface area contributed by atoms with Crippen LogP contribution in [0.25, 0.3) is 0 Å². The summed E-state index contributed by atoms with van der Waals surface area (Å²) in [7, 11) is 3.84. The Labute approximate surface area is 119 Å². The van der Waals surface area contributed by atoms with Gasteiger partial charge in [-0.2, -0.15) is 0 Å². The Kier molecular flexibility index (Phi) is 6.44. The summed E-state index contributed by atoms with van der Waals surface area (Å²) in [5.41, 5.74) is 0. The molecule has 1 fully saturated rings. The molecule has 20 heavy (non-hydrogen) atoms. The van der Waals surface area contributed by atoms with Gasteiger partial charge in [0.15, 0.2) is 0 Å². The second kappa shape index (κ2) is 7.84. The fourth-order valence-electron chi connectivity index (χ4n) is 2.00. The molecule has 3 amide bonds. The SMILES string of the molecule is CC(=O)N1CCN(C(=O)CC(=O)NCCN(C)C)CC1. The summed E-state index contributed by atoms with van der Waals surface area (Å²) in [6, 6.07) is 0. The first kappa shape index (κ1) is 16.4. The summed E-state index contributed by atoms with van der Waals surface area (Å²) in [6.07, 6.45) is -0.118. The summed E-state index contributed by atoms with van der Waals surface area (Å²) < 4.78 is 0. The van der Waals surface area contributed by atoms with Crippen LogP contribution in [0.4, 0.5) is 0 Å². The molecule has 7 heteroatoms. The molecule has 1 aliphatic heterocycles. The van der Waals surface area contributed by atoms with Crippen LogP contribution in [0.1, 0.15) is 13.3 Å². The minimum Gasteiger partial charge on any atom is -0.354 e. The quantitative estimate of drug-likeness (QED) is 0.640. The fourth-order valence-corrected chi connectivity index (χ4v) is 2.00. The minimum absolute atomic E-state index is 0.0264. The molecule has 0 aromatic rings. The van der Waals surface area contributed by atoms with E-state index in [1.54, 1.807) is 9.80 Å². The van der Waals surface area contributed by atoms with Crippen LogP contribution in [-0.4, -0.2) is 85.8 Å². The molecule has 7 nitrogen and oxygen atoms in total. The average molecular weight is 284 g/mol. The second-order valence-electron chi connectivity index (χ2n) is 5.22. The van der Waals surface area contributed by atoms with Gasteiger partial charge in [-0.3, -0.25) is 14.4 Å². The Balaban J connectivity index is 2.26. The number of amides is 3. The van der Waals surface area contributed by atoms with Crippen LogP contribution < -0.4 is 5.32 Å². The number of nitrogens with zero attached hydrogens (tertiary/aromatic N) is 3. The first-order valence-corrected chi connectivity index (χ1v) is 6.85. The Hall–Kier alpha value is -1.63. The molecule has 0 aromatic carbocycles. The van der Waals surface area contributed by atoms with Gasteiger partial charge in [-0.25, -0.2) is 0 Å². The zero-order valence-electron chi connectivity index (χ0n) is 12.5. The standard InChI is InChI=1S/C13H24N4O3/c1-11(18)16-6-8-17(9-7-16)13(20)10-12(19)14-4-5-15(2)3/h4-10H2,1-3H3,(H,14,19). The second-order valence-corrected chi connectivity index (χ2v) is 5.22. The van der Waals surface area contributed by atoms with Crippen molar-refractivity contribution in [2.75, 3.05) is 53.4 Å². The number of carbonyl (C=O) groups excluding carboxylic acids is 3. The van der Waals surface area contributed by atoms with Gasteiger partial charge in [0.2, 0.25) is 17.7 Å². The van der Waals surface area contributed by atoms with E-state index in [1.165, 1.54) is 6.92 Å². The Bertz CT molecular complexity index is 363. The van der Waals surface area contributed by atoms with Gasteiger partial charge in [-0.05, 0) is 14.1 Å². The van der Waals surface area contributed by atoms with Crippen molar-refractivity contribution >= 4 is 17.7 Å². The molecule has 0 aromatic heterocycles. The predicted molar refractivity (Wildman–Crippen MR) is 75.0 cm³/mol. The Morgan fingerprint density at radius 2 is 1.60 bits per heavy atom. The maximum absolute atomic E-state index is 11.9. The van der Waals surface area contributed by atoms with Crippen molar-refractivity contribution in [1.29, 1.82) is 0 Å². The van der Waals surface area contributed by atoms with Crippen LogP contribution in [0.2, 0.25) is 0 Å². The van der Waals surface area contributed by atoms with Crippen molar-refractivity contribution < 1.29 is 14.4 Å². The number of likely N-dealkylation sites (N-methyl/N-ethyl adjacent to an activating group) is 1. The number of carbonyl (C=O) groups is 3. The van der Waals surface area contributed by atoms with Gasteiger partial charge in [0, 0.05) is 46.2 Å². The number of nitrogens with one attached hydrogen (secondary N) is 1. The minimum atomic E-state index is -0.245. The highest BCUT2D eigenvalue weighted by Crippen LogP contribution is 2.04. The van der Waals surface area contributed by atoms with Crippen LogP contribution in [0.5, 0.6) is 0 Å². The van der Waals surface area contributed by atoms with E-state index in [4.69, 9.17) is 0 Å². The van der Waals surface area contributed by atoms with E-state index in [1.807, 2.05) is 19.0 Å². The van der Waals surface area contributed by atoms with E-state index in [-0.39, 0.29) is 24.1 Å². The molecule has 0 aliphatic carbocycles. The molecule has 1 saturated heterocycles. The zero-order valence-corrected chi connectivity index (χ0v) is 12.5. The Morgan fingerprint density at radius 3 is 2.10 bits per heavy atom. The Morgan fingerprint density at radius 1 is 1.05 bits per heavy atom. The van der Waals surface area contributed by atoms with Gasteiger partial charge in [-0.15, -0.1) is 0 Å². The van der Waals surface area contributed by atoms with Crippen LogP contribution >= 0.6 is 0 Å². The predicted octanol–water partition coefficient (Wildman–Crippen LogP) is -1.25. The lowest BCUT2D eigenvalue weighted by molar-refractivity contribution is -0.141. The molecule has 1 aliphatic rings. The zero-order chi connectivity index (χ0) is 15.1. The molecular weight excluding hydrogens is 260 g/mol. The summed E-state index contributed by atoms with van der Waals surface area (Å²) in [5.74, 6) is -0.389. The van der Waals surface area contributed by atoms with E-state index in [2.05, 4.69) is 5.32 Å². The molecule has 1 rings (SSSR count). The lowest BCUT2D eigenvalue weighted by Gasteiger charge is -2.34. The van der Waals surface area contributed by atoms with E-state index in [0.717, 1.165) is 6.54 Å². The summed E-state index contributed by atoms with van der Waals surface area (Å²) in [5, 5.41) is 2.72. The fraction of sp³-hybridized carbons (Fsp3) is 0.769. The van der Waals surface area contributed by atoms with Crippen LogP contribution in [0.3, 0.4) is 0 Å². The smallest absolute Gasteiger partial charge is 0.232 e. The lowest BCUT2D eigenvalue weighted by Crippen LogP contribution is -2.50. The molecule has 0 bridgehead atoms. The molecule has 1 N–H and O–H groups in total. The van der Waals surface area contributed by atoms with Gasteiger partial charge in [-0.1, -0.05) is 0 Å². The van der Waals surface area contributed by atoms with Gasteiger partial charge >= 0.3 is 0 Å². The average Bonchev–Trinajstić information content (AvgIpc) is 2.38. The maximum atomic E-state index is 11.9. The van der Waals surface area contributed by atoms with Crippen LogP contribution in [-0.2, 0) is 14.4 Å². The third-order valence-electron chi connectivity index (χ3n) is 3.27. The van der Waals surface area contributed by atoms with Gasteiger partial charge in [0.25, 0.3) is 0 Å². The maximum Gasteiger partial charge on any atom is 0.232 e. The largest absolute Gasteiger partial charge is 0.354 e. The summed E-state index contributed by atoms with van der Waals surface area (Å²) in [6.45, 7) is 4.91. The number of hydrogen-bond donors (Lipinski definition) is 1. The van der Waals surface area contributed by atoms with Crippen molar-refractivity contribution in [3.8, 4) is 0 Å². The summed E-state index contributed by atoms with van der Waals surface area (Å²) in [4.78, 5) is 40.0. The van der Waals surface area contributed by atoms with Crippen molar-refractivity contribution in [3.05, 3.63) is 0 Å². The van der Waals surface area contributed by atoms with Crippen LogP contribution in [0, 0.1) is 0 Å². The topological polar surface area (TPSA) is 73.0 Å². The molecular formula is C13H24N4O3. The third kappa shape index (κ3) is 5.56. The van der Waals surface area contributed by atoms with E-state index < -0.39 is 0 Å². The molecule has 1 heterocycles. The molecule has 0 atom stereocenters. The first-order valence-electron chi connectivity index (χ1n) is 6.85. The lowest BCUT2D eigenvalue weighted by atomic mass is 10.2. The highest BCUT2D eigenvalue weighted by Gasteiger charge is 2.23. The van der Waals surface area contributed by atoms with E-state index in [0.29, 0.717) is 32.7 Å². The van der Waals surface area contributed by atoms with Gasteiger partial charge in [0.05, 0.1) is 0 Å². The number of hydrogen-bond acceptors (Lipinski definition) is 4. The molecule has 0 unspecified atom stereocenters.